The van der Waals surface area contributed by atoms with Gasteiger partial charge in [-0.25, -0.2) is 4.98 Å². The fourth-order valence-electron chi connectivity index (χ4n) is 3.12. The SMILES string of the molecule is CC(/C=C/c1ccc(C(=O)[O-])cc1)=C\C=C1/C(=O)N(c2ccccn2)N=C1c1ccccn1.[Na+]. The number of carboxylic acid groups (broad SMARTS) is 1. The number of allylic oxidation sites excluding steroid dienone is 4. The van der Waals surface area contributed by atoms with E-state index in [2.05, 4.69) is 15.1 Å². The van der Waals surface area contributed by atoms with Crippen molar-refractivity contribution in [3.05, 3.63) is 119 Å². The molecule has 3 aromatic rings. The summed E-state index contributed by atoms with van der Waals surface area (Å²) in [5, 5.41) is 16.6. The quantitative estimate of drug-likeness (QED) is 0.298. The van der Waals surface area contributed by atoms with Crippen LogP contribution in [0.15, 0.2) is 108 Å². The van der Waals surface area contributed by atoms with Gasteiger partial charge in [-0.15, -0.1) is 0 Å². The van der Waals surface area contributed by atoms with Crippen molar-refractivity contribution in [2.75, 3.05) is 5.01 Å². The zero-order valence-electron chi connectivity index (χ0n) is 18.8. The number of carbonyl (C=O) groups is 2. The number of pyridine rings is 2. The molecule has 162 valence electrons. The van der Waals surface area contributed by atoms with Crippen molar-refractivity contribution in [3.63, 3.8) is 0 Å². The summed E-state index contributed by atoms with van der Waals surface area (Å²) in [5.74, 6) is -1.07. The molecule has 7 nitrogen and oxygen atoms in total. The fourth-order valence-corrected chi connectivity index (χ4v) is 3.12. The minimum absolute atomic E-state index is 0. The standard InChI is InChI=1S/C26H20N4O3.Na/c1-18(8-10-19-11-13-20(14-12-19)26(32)33)9-15-21-24(22-6-2-4-16-27-22)29-30(25(21)31)23-7-3-5-17-28-23;/h2-17H,1H3,(H,32,33);/q;+1/p-1/b10-8+,18-9+,21-15-;. The van der Waals surface area contributed by atoms with Gasteiger partial charge in [-0.2, -0.15) is 10.1 Å². The average Bonchev–Trinajstić information content (AvgIpc) is 3.18. The number of anilines is 1. The minimum atomic E-state index is -1.21. The topological polar surface area (TPSA) is 98.6 Å². The molecule has 0 saturated carbocycles. The third-order valence-corrected chi connectivity index (χ3v) is 4.85. The van der Waals surface area contributed by atoms with E-state index in [-0.39, 0.29) is 41.0 Å². The van der Waals surface area contributed by atoms with Crippen LogP contribution in [0.2, 0.25) is 0 Å². The Bertz CT molecular complexity index is 1300. The van der Waals surface area contributed by atoms with E-state index in [9.17, 15) is 14.7 Å². The molecular weight excluding hydrogens is 439 g/mol. The maximum absolute atomic E-state index is 13.1. The largest absolute Gasteiger partial charge is 1.00 e. The first-order valence-corrected chi connectivity index (χ1v) is 10.2. The predicted molar refractivity (Wildman–Crippen MR) is 124 cm³/mol. The molecule has 0 unspecified atom stereocenters. The number of rotatable bonds is 6. The summed E-state index contributed by atoms with van der Waals surface area (Å²) in [6.07, 6.45) is 10.5. The molecule has 0 spiro atoms. The third-order valence-electron chi connectivity index (χ3n) is 4.85. The second kappa shape index (κ2) is 11.5. The number of amides is 1. The van der Waals surface area contributed by atoms with E-state index in [0.717, 1.165) is 11.1 Å². The number of carbonyl (C=O) groups excluding carboxylic acids is 2. The molecule has 1 amide bonds. The van der Waals surface area contributed by atoms with Gasteiger partial charge in [-0.3, -0.25) is 9.78 Å². The van der Waals surface area contributed by atoms with Crippen molar-refractivity contribution < 1.29 is 44.3 Å². The number of hydrogen-bond acceptors (Lipinski definition) is 6. The minimum Gasteiger partial charge on any atom is -0.545 e. The molecule has 2 aromatic heterocycles. The molecule has 0 atom stereocenters. The maximum atomic E-state index is 13.1. The number of hydrazone groups is 1. The molecule has 3 heterocycles. The number of carboxylic acids is 1. The summed E-state index contributed by atoms with van der Waals surface area (Å²) in [6.45, 7) is 1.90. The van der Waals surface area contributed by atoms with Crippen molar-refractivity contribution >= 4 is 29.5 Å². The molecule has 0 N–H and O–H groups in total. The van der Waals surface area contributed by atoms with Crippen molar-refractivity contribution in [1.29, 1.82) is 0 Å². The summed E-state index contributed by atoms with van der Waals surface area (Å²) in [6, 6.07) is 17.1. The molecule has 0 aliphatic carbocycles. The van der Waals surface area contributed by atoms with Crippen molar-refractivity contribution in [2.45, 2.75) is 6.92 Å². The molecule has 0 saturated heterocycles. The molecule has 1 aromatic carbocycles. The number of benzene rings is 1. The Morgan fingerprint density at radius 1 is 0.971 bits per heavy atom. The van der Waals surface area contributed by atoms with Gasteiger partial charge in [0.15, 0.2) is 5.82 Å². The van der Waals surface area contributed by atoms with Gasteiger partial charge in [0.05, 0.1) is 17.2 Å². The van der Waals surface area contributed by atoms with Gasteiger partial charge >= 0.3 is 29.6 Å². The Kier molecular flexibility index (Phi) is 8.43. The van der Waals surface area contributed by atoms with E-state index >= 15 is 0 Å². The first-order chi connectivity index (χ1) is 16.0. The van der Waals surface area contributed by atoms with Gasteiger partial charge in [-0.05, 0) is 48.4 Å². The van der Waals surface area contributed by atoms with Crippen LogP contribution in [-0.2, 0) is 4.79 Å². The molecule has 34 heavy (non-hydrogen) atoms. The van der Waals surface area contributed by atoms with E-state index in [1.807, 2.05) is 31.2 Å². The van der Waals surface area contributed by atoms with E-state index in [4.69, 9.17) is 0 Å². The monoisotopic (exact) mass is 458 g/mol. The Morgan fingerprint density at radius 2 is 1.68 bits per heavy atom. The van der Waals surface area contributed by atoms with Crippen LogP contribution >= 0.6 is 0 Å². The van der Waals surface area contributed by atoms with Gasteiger partial charge in [0, 0.05) is 12.4 Å². The van der Waals surface area contributed by atoms with Crippen molar-refractivity contribution in [3.8, 4) is 0 Å². The molecule has 8 heteroatoms. The first-order valence-electron chi connectivity index (χ1n) is 10.2. The molecule has 4 rings (SSSR count). The summed E-state index contributed by atoms with van der Waals surface area (Å²) >= 11 is 0. The molecule has 1 aliphatic heterocycles. The predicted octanol–water partition coefficient (Wildman–Crippen LogP) is 0.181. The molecule has 0 radical (unpaired) electrons. The fraction of sp³-hybridized carbons (Fsp3) is 0.0385. The van der Waals surface area contributed by atoms with E-state index in [1.54, 1.807) is 60.9 Å². The number of hydrogen-bond donors (Lipinski definition) is 0. The number of aromatic nitrogens is 2. The van der Waals surface area contributed by atoms with E-state index in [0.29, 0.717) is 22.8 Å². The third kappa shape index (κ3) is 5.82. The Morgan fingerprint density at radius 3 is 2.29 bits per heavy atom. The maximum Gasteiger partial charge on any atom is 1.00 e. The van der Waals surface area contributed by atoms with Gasteiger partial charge in [-0.1, -0.05) is 60.2 Å². The number of aromatic carboxylic acids is 1. The number of nitrogens with zero attached hydrogens (tertiary/aromatic N) is 4. The molecule has 0 fully saturated rings. The Balaban J connectivity index is 0.00000324. The molecule has 0 bridgehead atoms. The zero-order valence-corrected chi connectivity index (χ0v) is 20.8. The van der Waals surface area contributed by atoms with Crippen molar-refractivity contribution in [2.24, 2.45) is 5.10 Å². The van der Waals surface area contributed by atoms with Crippen LogP contribution in [0.5, 0.6) is 0 Å². The van der Waals surface area contributed by atoms with Crippen molar-refractivity contribution in [1.82, 2.24) is 9.97 Å². The Labute approximate surface area is 219 Å². The van der Waals surface area contributed by atoms with Crippen LogP contribution in [0.4, 0.5) is 5.82 Å². The zero-order chi connectivity index (χ0) is 23.2. The van der Waals surface area contributed by atoms with Crippen LogP contribution in [-0.4, -0.2) is 27.6 Å². The molecule has 1 aliphatic rings. The van der Waals surface area contributed by atoms with Gasteiger partial charge in [0.2, 0.25) is 0 Å². The van der Waals surface area contributed by atoms with Gasteiger partial charge in [0.1, 0.15) is 5.71 Å². The first kappa shape index (κ1) is 25.0. The van der Waals surface area contributed by atoms with Crippen LogP contribution in [0.25, 0.3) is 6.08 Å². The second-order valence-electron chi connectivity index (χ2n) is 7.20. The van der Waals surface area contributed by atoms with E-state index in [1.165, 1.54) is 17.1 Å². The molecular formula is C26H19N4NaO3. The van der Waals surface area contributed by atoms with Gasteiger partial charge in [0.25, 0.3) is 5.91 Å². The van der Waals surface area contributed by atoms with Gasteiger partial charge < -0.3 is 9.90 Å². The van der Waals surface area contributed by atoms with Crippen LogP contribution < -0.4 is 39.7 Å². The summed E-state index contributed by atoms with van der Waals surface area (Å²) < 4.78 is 0. The van der Waals surface area contributed by atoms with Crippen LogP contribution in [0, 0.1) is 0 Å². The summed E-state index contributed by atoms with van der Waals surface area (Å²) in [5.41, 5.74) is 3.32. The second-order valence-corrected chi connectivity index (χ2v) is 7.20. The average molecular weight is 458 g/mol. The van der Waals surface area contributed by atoms with Crippen LogP contribution in [0.1, 0.15) is 28.5 Å². The van der Waals surface area contributed by atoms with Crippen LogP contribution in [0.3, 0.4) is 0 Å². The smallest absolute Gasteiger partial charge is 0.545 e. The normalized spacial score (nSPS) is 14.9. The summed E-state index contributed by atoms with van der Waals surface area (Å²) in [7, 11) is 0. The summed E-state index contributed by atoms with van der Waals surface area (Å²) in [4.78, 5) is 32.6. The van der Waals surface area contributed by atoms with E-state index < -0.39 is 5.97 Å². The Hall–Kier alpha value is -3.65.